The summed E-state index contributed by atoms with van der Waals surface area (Å²) in [7, 11) is 1.43. The third-order valence-corrected chi connectivity index (χ3v) is 6.66. The number of carbonyl (C=O) groups is 1. The van der Waals surface area contributed by atoms with E-state index in [9.17, 15) is 4.79 Å². The maximum atomic E-state index is 11.8. The number of piperazine rings is 1. The summed E-state index contributed by atoms with van der Waals surface area (Å²) in [5.74, 6) is 0.344. The molecule has 1 aromatic carbocycles. The Hall–Kier alpha value is -2.27. The molecule has 1 aromatic rings. The van der Waals surface area contributed by atoms with Crippen LogP contribution in [0.4, 0.5) is 11.4 Å². The highest BCUT2D eigenvalue weighted by Crippen LogP contribution is 2.40. The minimum absolute atomic E-state index is 0.181. The highest BCUT2D eigenvalue weighted by atomic mass is 16.5. The van der Waals surface area contributed by atoms with Crippen molar-refractivity contribution in [2.24, 2.45) is 5.92 Å². The monoisotopic (exact) mass is 425 g/mol. The number of carbonyl (C=O) groups excluding carboxylic acids is 1. The van der Waals surface area contributed by atoms with Gasteiger partial charge in [0.1, 0.15) is 6.54 Å². The van der Waals surface area contributed by atoms with Gasteiger partial charge in [0.05, 0.1) is 18.5 Å². The first kappa shape index (κ1) is 23.4. The molecule has 5 heteroatoms. The van der Waals surface area contributed by atoms with Crippen molar-refractivity contribution < 1.29 is 9.53 Å². The molecule has 170 valence electrons. The van der Waals surface area contributed by atoms with Crippen LogP contribution in [0.5, 0.6) is 0 Å². The Kier molecular flexibility index (Phi) is 8.59. The Morgan fingerprint density at radius 2 is 2.03 bits per heavy atom. The molecule has 1 fully saturated rings. The van der Waals surface area contributed by atoms with E-state index in [1.807, 2.05) is 0 Å². The molecule has 1 aliphatic heterocycles. The van der Waals surface area contributed by atoms with Crippen molar-refractivity contribution in [3.8, 4) is 0 Å². The van der Waals surface area contributed by atoms with Crippen LogP contribution in [0.3, 0.4) is 0 Å². The fourth-order valence-electron chi connectivity index (χ4n) is 4.63. The number of esters is 1. The quantitative estimate of drug-likeness (QED) is 0.448. The molecule has 5 nitrogen and oxygen atoms in total. The van der Waals surface area contributed by atoms with Crippen molar-refractivity contribution in [1.82, 2.24) is 4.90 Å². The number of para-hydroxylation sites is 1. The number of hydrogen-bond acceptors (Lipinski definition) is 5. The average molecular weight is 426 g/mol. The minimum Gasteiger partial charge on any atom is -0.468 e. The summed E-state index contributed by atoms with van der Waals surface area (Å²) in [5.41, 5.74) is 6.27. The molecule has 1 N–H and O–H groups in total. The van der Waals surface area contributed by atoms with E-state index in [1.165, 1.54) is 48.9 Å². The maximum absolute atomic E-state index is 11.8. The van der Waals surface area contributed by atoms with Crippen molar-refractivity contribution >= 4 is 22.9 Å². The lowest BCUT2D eigenvalue weighted by molar-refractivity contribution is -0.138. The average Bonchev–Trinajstić information content (AvgIpc) is 2.81. The van der Waals surface area contributed by atoms with Crippen LogP contribution < -0.4 is 10.2 Å². The topological polar surface area (TPSA) is 44.8 Å². The molecule has 1 aliphatic carbocycles. The molecule has 2 aliphatic rings. The summed E-state index contributed by atoms with van der Waals surface area (Å²) in [4.78, 5) is 16.9. The van der Waals surface area contributed by atoms with Crippen molar-refractivity contribution in [2.45, 2.75) is 46.0 Å². The molecule has 1 atom stereocenters. The SMILES string of the molecule is C=C(C)C1CC=C(c2cccc(NCC(=O)OC)c2N2CCN(CCCC)CC2)CC1. The standard InChI is InChI=1S/C26H39N3O2/c1-5-6-14-28-15-17-29(18-16-28)26-23(22-12-10-21(11-13-22)20(2)3)8-7-9-24(26)27-19-25(30)31-4/h7-9,12,21,27H,2,5-6,10-11,13-19H2,1,3-4H3. The molecule has 0 bridgehead atoms. The first-order valence-corrected chi connectivity index (χ1v) is 11.8. The van der Waals surface area contributed by atoms with E-state index in [0.29, 0.717) is 5.92 Å². The van der Waals surface area contributed by atoms with Crippen molar-refractivity contribution in [3.63, 3.8) is 0 Å². The normalized spacial score (nSPS) is 19.6. The van der Waals surface area contributed by atoms with Crippen molar-refractivity contribution in [2.75, 3.05) is 56.6 Å². The molecule has 1 heterocycles. The molecule has 0 aromatic heterocycles. The van der Waals surface area contributed by atoms with E-state index in [2.05, 4.69) is 59.8 Å². The largest absolute Gasteiger partial charge is 0.468 e. The second-order valence-corrected chi connectivity index (χ2v) is 8.86. The van der Waals surface area contributed by atoms with Gasteiger partial charge in [-0.05, 0) is 56.7 Å². The molecule has 31 heavy (non-hydrogen) atoms. The summed E-state index contributed by atoms with van der Waals surface area (Å²) in [6.45, 7) is 14.1. The number of rotatable bonds is 9. The Balaban J connectivity index is 1.85. The summed E-state index contributed by atoms with van der Waals surface area (Å²) < 4.78 is 4.85. The predicted molar refractivity (Wildman–Crippen MR) is 131 cm³/mol. The Bertz CT molecular complexity index is 794. The van der Waals surface area contributed by atoms with Gasteiger partial charge in [-0.1, -0.05) is 43.7 Å². The summed E-state index contributed by atoms with van der Waals surface area (Å²) in [5, 5.41) is 3.34. The number of hydrogen-bond donors (Lipinski definition) is 1. The van der Waals surface area contributed by atoms with E-state index in [1.54, 1.807) is 0 Å². The lowest BCUT2D eigenvalue weighted by Crippen LogP contribution is -2.47. The van der Waals surface area contributed by atoms with E-state index in [-0.39, 0.29) is 12.5 Å². The van der Waals surface area contributed by atoms with Crippen LogP contribution in [0.2, 0.25) is 0 Å². The molecule has 0 amide bonds. The molecular formula is C26H39N3O2. The first-order chi connectivity index (χ1) is 15.0. The van der Waals surface area contributed by atoms with Gasteiger partial charge in [-0.3, -0.25) is 9.69 Å². The fourth-order valence-corrected chi connectivity index (χ4v) is 4.63. The van der Waals surface area contributed by atoms with Gasteiger partial charge in [-0.2, -0.15) is 0 Å². The lowest BCUT2D eigenvalue weighted by Gasteiger charge is -2.38. The summed E-state index contributed by atoms with van der Waals surface area (Å²) in [6.07, 6.45) is 8.20. The zero-order valence-electron chi connectivity index (χ0n) is 19.6. The van der Waals surface area contributed by atoms with Gasteiger partial charge in [0.15, 0.2) is 0 Å². The smallest absolute Gasteiger partial charge is 0.325 e. The van der Waals surface area contributed by atoms with Crippen LogP contribution in [-0.2, 0) is 9.53 Å². The van der Waals surface area contributed by atoms with Crippen LogP contribution in [0.15, 0.2) is 36.4 Å². The number of allylic oxidation sites excluding steroid dienone is 3. The number of anilines is 2. The van der Waals surface area contributed by atoms with Crippen LogP contribution in [0.1, 0.15) is 51.5 Å². The van der Waals surface area contributed by atoms with Crippen LogP contribution in [0, 0.1) is 5.92 Å². The van der Waals surface area contributed by atoms with Gasteiger partial charge in [0, 0.05) is 31.7 Å². The molecular weight excluding hydrogens is 386 g/mol. The Morgan fingerprint density at radius 3 is 2.65 bits per heavy atom. The van der Waals surface area contributed by atoms with Crippen LogP contribution in [-0.4, -0.2) is 57.2 Å². The zero-order chi connectivity index (χ0) is 22.2. The molecule has 3 rings (SSSR count). The van der Waals surface area contributed by atoms with Gasteiger partial charge in [-0.15, -0.1) is 0 Å². The molecule has 0 spiro atoms. The number of unbranched alkanes of at least 4 members (excludes halogenated alkanes) is 1. The van der Waals surface area contributed by atoms with E-state index >= 15 is 0 Å². The van der Waals surface area contributed by atoms with Gasteiger partial charge >= 0.3 is 5.97 Å². The number of benzene rings is 1. The van der Waals surface area contributed by atoms with Gasteiger partial charge in [0.25, 0.3) is 0 Å². The third kappa shape index (κ3) is 6.13. The molecule has 0 saturated carbocycles. The fraction of sp³-hybridized carbons (Fsp3) is 0.577. The zero-order valence-corrected chi connectivity index (χ0v) is 19.6. The number of ether oxygens (including phenoxy) is 1. The number of nitrogens with one attached hydrogen (secondary N) is 1. The Morgan fingerprint density at radius 1 is 1.26 bits per heavy atom. The van der Waals surface area contributed by atoms with Crippen LogP contribution in [0.25, 0.3) is 5.57 Å². The minimum atomic E-state index is -0.248. The van der Waals surface area contributed by atoms with Gasteiger partial charge < -0.3 is 15.0 Å². The highest BCUT2D eigenvalue weighted by molar-refractivity contribution is 5.87. The molecule has 0 radical (unpaired) electrons. The highest BCUT2D eigenvalue weighted by Gasteiger charge is 2.25. The summed E-state index contributed by atoms with van der Waals surface area (Å²) >= 11 is 0. The van der Waals surface area contributed by atoms with Crippen molar-refractivity contribution in [3.05, 3.63) is 42.0 Å². The van der Waals surface area contributed by atoms with E-state index in [4.69, 9.17) is 4.74 Å². The second kappa shape index (κ2) is 11.4. The second-order valence-electron chi connectivity index (χ2n) is 8.86. The first-order valence-electron chi connectivity index (χ1n) is 11.8. The van der Waals surface area contributed by atoms with E-state index < -0.39 is 0 Å². The maximum Gasteiger partial charge on any atom is 0.325 e. The molecule has 1 unspecified atom stereocenters. The Labute approximate surface area is 188 Å². The van der Waals surface area contributed by atoms with Crippen LogP contribution >= 0.6 is 0 Å². The molecule has 1 saturated heterocycles. The number of methoxy groups -OCH3 is 1. The summed E-state index contributed by atoms with van der Waals surface area (Å²) in [6, 6.07) is 6.43. The van der Waals surface area contributed by atoms with Crippen molar-refractivity contribution in [1.29, 1.82) is 0 Å². The lowest BCUT2D eigenvalue weighted by atomic mass is 9.83. The number of nitrogens with zero attached hydrogens (tertiary/aromatic N) is 2. The predicted octanol–water partition coefficient (Wildman–Crippen LogP) is 4.95. The third-order valence-electron chi connectivity index (χ3n) is 6.66. The van der Waals surface area contributed by atoms with Gasteiger partial charge in [-0.25, -0.2) is 0 Å². The van der Waals surface area contributed by atoms with E-state index in [0.717, 1.165) is 51.1 Å². The van der Waals surface area contributed by atoms with Gasteiger partial charge in [0.2, 0.25) is 0 Å².